The molecule has 0 spiro atoms. The van der Waals surface area contributed by atoms with Crippen LogP contribution in [0.5, 0.6) is 0 Å². The fraction of sp³-hybridized carbons (Fsp3) is 0.176. The van der Waals surface area contributed by atoms with Crippen LogP contribution in [0.4, 0.5) is 0 Å². The van der Waals surface area contributed by atoms with Crippen LogP contribution in [-0.4, -0.2) is 0 Å². The van der Waals surface area contributed by atoms with Gasteiger partial charge in [0.1, 0.15) is 0 Å². The molecule has 1 heteroatoms. The van der Waals surface area contributed by atoms with Gasteiger partial charge in [0.2, 0.25) is 0 Å². The van der Waals surface area contributed by atoms with E-state index in [1.807, 2.05) is 36.4 Å². The molecule has 0 fully saturated rings. The summed E-state index contributed by atoms with van der Waals surface area (Å²) in [5, 5.41) is 0. The highest BCUT2D eigenvalue weighted by atomic mass is 14.6. The molecular formula is C17H19N. The van der Waals surface area contributed by atoms with Gasteiger partial charge >= 0.3 is 0 Å². The highest BCUT2D eigenvalue weighted by Gasteiger charge is 2.11. The Morgan fingerprint density at radius 2 is 1.17 bits per heavy atom. The summed E-state index contributed by atoms with van der Waals surface area (Å²) in [6.45, 7) is 4.25. The SMILES string of the molecule is CC(C)C(N)=C(c1ccccc1)c1ccccc1. The molecule has 92 valence electrons. The quantitative estimate of drug-likeness (QED) is 0.856. The Labute approximate surface area is 109 Å². The van der Waals surface area contributed by atoms with Gasteiger partial charge in [0.05, 0.1) is 0 Å². The van der Waals surface area contributed by atoms with Crippen molar-refractivity contribution >= 4 is 5.57 Å². The van der Waals surface area contributed by atoms with E-state index in [-0.39, 0.29) is 0 Å². The van der Waals surface area contributed by atoms with Gasteiger partial charge in [0.15, 0.2) is 0 Å². The lowest BCUT2D eigenvalue weighted by Crippen LogP contribution is -2.09. The third kappa shape index (κ3) is 2.62. The average Bonchev–Trinajstić information content (AvgIpc) is 2.41. The van der Waals surface area contributed by atoms with Gasteiger partial charge in [-0.3, -0.25) is 0 Å². The first-order valence-corrected chi connectivity index (χ1v) is 6.30. The van der Waals surface area contributed by atoms with E-state index < -0.39 is 0 Å². The predicted molar refractivity (Wildman–Crippen MR) is 77.9 cm³/mol. The summed E-state index contributed by atoms with van der Waals surface area (Å²) in [6.07, 6.45) is 0. The number of hydrogen-bond acceptors (Lipinski definition) is 1. The van der Waals surface area contributed by atoms with Crippen molar-refractivity contribution in [3.8, 4) is 0 Å². The van der Waals surface area contributed by atoms with Crippen LogP contribution < -0.4 is 5.73 Å². The minimum absolute atomic E-state index is 0.334. The van der Waals surface area contributed by atoms with Gasteiger partial charge in [-0.25, -0.2) is 0 Å². The van der Waals surface area contributed by atoms with E-state index in [1.165, 1.54) is 11.1 Å². The molecule has 2 N–H and O–H groups in total. The van der Waals surface area contributed by atoms with E-state index in [1.54, 1.807) is 0 Å². The highest BCUT2D eigenvalue weighted by molar-refractivity contribution is 5.81. The molecule has 2 aromatic carbocycles. The molecule has 0 heterocycles. The van der Waals surface area contributed by atoms with Gasteiger partial charge in [0.25, 0.3) is 0 Å². The van der Waals surface area contributed by atoms with Crippen molar-refractivity contribution in [3.05, 3.63) is 77.5 Å². The molecular weight excluding hydrogens is 218 g/mol. The monoisotopic (exact) mass is 237 g/mol. The van der Waals surface area contributed by atoms with E-state index in [0.29, 0.717) is 5.92 Å². The molecule has 18 heavy (non-hydrogen) atoms. The molecule has 0 aliphatic carbocycles. The zero-order valence-electron chi connectivity index (χ0n) is 10.9. The maximum absolute atomic E-state index is 6.30. The van der Waals surface area contributed by atoms with Gasteiger partial charge in [-0.2, -0.15) is 0 Å². The maximum atomic E-state index is 6.30. The highest BCUT2D eigenvalue weighted by Crippen LogP contribution is 2.27. The van der Waals surface area contributed by atoms with Crippen molar-refractivity contribution in [3.63, 3.8) is 0 Å². The van der Waals surface area contributed by atoms with E-state index in [0.717, 1.165) is 11.3 Å². The fourth-order valence-electron chi connectivity index (χ4n) is 2.00. The molecule has 2 aromatic rings. The molecule has 0 amide bonds. The number of rotatable bonds is 3. The van der Waals surface area contributed by atoms with Crippen LogP contribution in [0.25, 0.3) is 5.57 Å². The number of benzene rings is 2. The predicted octanol–water partition coefficient (Wildman–Crippen LogP) is 4.06. The molecule has 0 unspecified atom stereocenters. The summed E-state index contributed by atoms with van der Waals surface area (Å²) in [5.74, 6) is 0.334. The van der Waals surface area contributed by atoms with Gasteiger partial charge in [-0.15, -0.1) is 0 Å². The molecule has 0 bridgehead atoms. The minimum Gasteiger partial charge on any atom is -0.401 e. The zero-order valence-corrected chi connectivity index (χ0v) is 10.9. The Balaban J connectivity index is 2.60. The van der Waals surface area contributed by atoms with Crippen molar-refractivity contribution in [1.29, 1.82) is 0 Å². The molecule has 0 aliphatic rings. The minimum atomic E-state index is 0.334. The van der Waals surface area contributed by atoms with Crippen LogP contribution >= 0.6 is 0 Å². The number of allylic oxidation sites excluding steroid dienone is 1. The normalized spacial score (nSPS) is 10.4. The van der Waals surface area contributed by atoms with Crippen LogP contribution in [0.2, 0.25) is 0 Å². The van der Waals surface area contributed by atoms with Crippen LogP contribution in [-0.2, 0) is 0 Å². The van der Waals surface area contributed by atoms with E-state index >= 15 is 0 Å². The van der Waals surface area contributed by atoms with Crippen molar-refractivity contribution < 1.29 is 0 Å². The van der Waals surface area contributed by atoms with Gasteiger partial charge in [-0.05, 0) is 17.0 Å². The number of nitrogens with two attached hydrogens (primary N) is 1. The summed E-state index contributed by atoms with van der Waals surface area (Å²) in [7, 11) is 0. The first-order valence-electron chi connectivity index (χ1n) is 6.30. The second-order valence-corrected chi connectivity index (χ2v) is 4.72. The molecule has 0 aliphatic heterocycles. The van der Waals surface area contributed by atoms with Crippen molar-refractivity contribution in [2.24, 2.45) is 11.7 Å². The lowest BCUT2D eigenvalue weighted by Gasteiger charge is -2.15. The molecule has 0 aromatic heterocycles. The summed E-state index contributed by atoms with van der Waals surface area (Å²) >= 11 is 0. The summed E-state index contributed by atoms with van der Waals surface area (Å²) in [4.78, 5) is 0. The molecule has 1 nitrogen and oxygen atoms in total. The standard InChI is InChI=1S/C17H19N/c1-13(2)17(18)16(14-9-5-3-6-10-14)15-11-7-4-8-12-15/h3-13H,18H2,1-2H3. The largest absolute Gasteiger partial charge is 0.401 e. The third-order valence-corrected chi connectivity index (χ3v) is 3.04. The molecule has 2 rings (SSSR count). The molecule has 0 radical (unpaired) electrons. The smallest absolute Gasteiger partial charge is 0.0192 e. The summed E-state index contributed by atoms with van der Waals surface area (Å²) < 4.78 is 0. The van der Waals surface area contributed by atoms with Crippen LogP contribution in [0.3, 0.4) is 0 Å². The Morgan fingerprint density at radius 3 is 1.50 bits per heavy atom. The molecule has 0 atom stereocenters. The van der Waals surface area contributed by atoms with Crippen LogP contribution in [0.15, 0.2) is 66.4 Å². The van der Waals surface area contributed by atoms with Crippen molar-refractivity contribution in [2.75, 3.05) is 0 Å². The van der Waals surface area contributed by atoms with Crippen LogP contribution in [0.1, 0.15) is 25.0 Å². The van der Waals surface area contributed by atoms with Crippen molar-refractivity contribution in [2.45, 2.75) is 13.8 Å². The van der Waals surface area contributed by atoms with Crippen LogP contribution in [0, 0.1) is 5.92 Å². The first kappa shape index (κ1) is 12.4. The van der Waals surface area contributed by atoms with Gasteiger partial charge in [0, 0.05) is 11.3 Å². The first-order chi connectivity index (χ1) is 8.70. The molecule has 0 saturated heterocycles. The lowest BCUT2D eigenvalue weighted by molar-refractivity contribution is 0.760. The third-order valence-electron chi connectivity index (χ3n) is 3.04. The second kappa shape index (κ2) is 5.54. The Kier molecular flexibility index (Phi) is 3.83. The topological polar surface area (TPSA) is 26.0 Å². The molecule has 0 saturated carbocycles. The second-order valence-electron chi connectivity index (χ2n) is 4.72. The summed E-state index contributed by atoms with van der Waals surface area (Å²) in [5.41, 5.74) is 10.7. The Morgan fingerprint density at radius 1 is 0.778 bits per heavy atom. The lowest BCUT2D eigenvalue weighted by atomic mass is 9.92. The fourth-order valence-corrected chi connectivity index (χ4v) is 2.00. The van der Waals surface area contributed by atoms with Crippen molar-refractivity contribution in [1.82, 2.24) is 0 Å². The van der Waals surface area contributed by atoms with E-state index in [2.05, 4.69) is 38.1 Å². The van der Waals surface area contributed by atoms with E-state index in [4.69, 9.17) is 5.73 Å². The van der Waals surface area contributed by atoms with Gasteiger partial charge in [-0.1, -0.05) is 74.5 Å². The Hall–Kier alpha value is -2.02. The Bertz CT molecular complexity index is 483. The zero-order chi connectivity index (χ0) is 13.0. The number of hydrogen-bond donors (Lipinski definition) is 1. The summed E-state index contributed by atoms with van der Waals surface area (Å²) in [6, 6.07) is 20.7. The van der Waals surface area contributed by atoms with E-state index in [9.17, 15) is 0 Å². The average molecular weight is 237 g/mol. The maximum Gasteiger partial charge on any atom is 0.0192 e. The van der Waals surface area contributed by atoms with Gasteiger partial charge < -0.3 is 5.73 Å².